The molecule has 1 aromatic carbocycles. The fourth-order valence-corrected chi connectivity index (χ4v) is 3.21. The molecule has 0 saturated heterocycles. The quantitative estimate of drug-likeness (QED) is 0.748. The van der Waals surface area contributed by atoms with Gasteiger partial charge in [-0.05, 0) is 38.3 Å². The van der Waals surface area contributed by atoms with Crippen LogP contribution in [-0.2, 0) is 9.59 Å². The van der Waals surface area contributed by atoms with Gasteiger partial charge in [0, 0.05) is 24.3 Å². The molecule has 0 spiro atoms. The Balaban J connectivity index is 2.22. The van der Waals surface area contributed by atoms with Crippen molar-refractivity contribution in [2.24, 2.45) is 0 Å². The van der Waals surface area contributed by atoms with Crippen LogP contribution >= 0.6 is 0 Å². The molecule has 2 amide bonds. The lowest BCUT2D eigenvalue weighted by Crippen LogP contribution is -2.47. The first-order valence-corrected chi connectivity index (χ1v) is 9.01. The van der Waals surface area contributed by atoms with Gasteiger partial charge < -0.3 is 15.5 Å². The van der Waals surface area contributed by atoms with E-state index >= 15 is 0 Å². The topological polar surface area (TPSA) is 61.4 Å². The summed E-state index contributed by atoms with van der Waals surface area (Å²) >= 11 is 0. The van der Waals surface area contributed by atoms with Crippen LogP contribution in [0.4, 0.5) is 5.69 Å². The number of hydrogen-bond donors (Lipinski definition) is 2. The second-order valence-corrected chi connectivity index (χ2v) is 6.73. The molecule has 1 aliphatic heterocycles. The number of para-hydroxylation sites is 1. The first-order valence-electron chi connectivity index (χ1n) is 9.01. The molecule has 0 bridgehead atoms. The highest BCUT2D eigenvalue weighted by molar-refractivity contribution is 5.88. The Hall–Kier alpha value is -2.30. The van der Waals surface area contributed by atoms with Crippen molar-refractivity contribution in [2.75, 3.05) is 18.0 Å². The van der Waals surface area contributed by atoms with Crippen LogP contribution in [0.3, 0.4) is 0 Å². The Morgan fingerprint density at radius 1 is 1.40 bits per heavy atom. The Kier molecular flexibility index (Phi) is 6.62. The van der Waals surface area contributed by atoms with Crippen molar-refractivity contribution in [3.63, 3.8) is 0 Å². The normalized spacial score (nSPS) is 20.4. The minimum absolute atomic E-state index is 0.0379. The molecule has 1 heterocycles. The van der Waals surface area contributed by atoms with E-state index in [0.717, 1.165) is 17.7 Å². The van der Waals surface area contributed by atoms with Gasteiger partial charge in [0.05, 0.1) is 12.5 Å². The Labute approximate surface area is 150 Å². The molecule has 2 rings (SSSR count). The van der Waals surface area contributed by atoms with Crippen LogP contribution in [0.15, 0.2) is 36.9 Å². The molecule has 25 heavy (non-hydrogen) atoms. The molecule has 1 aromatic rings. The summed E-state index contributed by atoms with van der Waals surface area (Å²) in [7, 11) is 0. The van der Waals surface area contributed by atoms with E-state index in [4.69, 9.17) is 0 Å². The molecule has 136 valence electrons. The molecule has 0 fully saturated rings. The number of fused-ring (bicyclic) bond motifs is 1. The van der Waals surface area contributed by atoms with Crippen molar-refractivity contribution in [2.45, 2.75) is 51.6 Å². The predicted octanol–water partition coefficient (Wildman–Crippen LogP) is 2.59. The monoisotopic (exact) mass is 343 g/mol. The molecule has 1 aliphatic rings. The molecule has 3 unspecified atom stereocenters. The van der Waals surface area contributed by atoms with Crippen molar-refractivity contribution < 1.29 is 9.59 Å². The van der Waals surface area contributed by atoms with Crippen molar-refractivity contribution in [3.8, 4) is 0 Å². The third-order valence-corrected chi connectivity index (χ3v) is 4.81. The number of hydrogen-bond acceptors (Lipinski definition) is 3. The summed E-state index contributed by atoms with van der Waals surface area (Å²) in [5, 5.41) is 5.92. The number of nitrogens with one attached hydrogen (secondary N) is 2. The molecular weight excluding hydrogens is 314 g/mol. The smallest absolute Gasteiger partial charge is 0.239 e. The first kappa shape index (κ1) is 19.0. The summed E-state index contributed by atoms with van der Waals surface area (Å²) in [5.41, 5.74) is 1.97. The summed E-state index contributed by atoms with van der Waals surface area (Å²) in [6.07, 6.45) is 3.28. The summed E-state index contributed by atoms with van der Waals surface area (Å²) < 4.78 is 0. The molecule has 0 radical (unpaired) electrons. The van der Waals surface area contributed by atoms with Crippen molar-refractivity contribution >= 4 is 17.5 Å². The largest absolute Gasteiger partial charge is 0.359 e. The van der Waals surface area contributed by atoms with Crippen molar-refractivity contribution in [1.29, 1.82) is 0 Å². The van der Waals surface area contributed by atoms with E-state index in [9.17, 15) is 9.59 Å². The molecule has 5 nitrogen and oxygen atoms in total. The summed E-state index contributed by atoms with van der Waals surface area (Å²) in [6, 6.07) is 8.17. The van der Waals surface area contributed by atoms with Crippen LogP contribution < -0.4 is 15.5 Å². The lowest BCUT2D eigenvalue weighted by atomic mass is 9.85. The second-order valence-electron chi connectivity index (χ2n) is 6.73. The number of carbonyl (C=O) groups excluding carboxylic acids is 2. The molecule has 2 N–H and O–H groups in total. The van der Waals surface area contributed by atoms with E-state index in [2.05, 4.69) is 36.0 Å². The van der Waals surface area contributed by atoms with Crippen LogP contribution in [0.1, 0.15) is 45.1 Å². The molecule has 0 saturated carbocycles. The fraction of sp³-hybridized carbons (Fsp3) is 0.500. The highest BCUT2D eigenvalue weighted by Gasteiger charge is 2.34. The van der Waals surface area contributed by atoms with E-state index in [-0.39, 0.29) is 36.4 Å². The van der Waals surface area contributed by atoms with E-state index in [1.54, 1.807) is 6.08 Å². The summed E-state index contributed by atoms with van der Waals surface area (Å²) in [6.45, 7) is 10.5. The highest BCUT2D eigenvalue weighted by Crippen LogP contribution is 2.38. The van der Waals surface area contributed by atoms with Gasteiger partial charge in [-0.1, -0.05) is 31.2 Å². The van der Waals surface area contributed by atoms with Gasteiger partial charge in [0.2, 0.25) is 11.8 Å². The third-order valence-electron chi connectivity index (χ3n) is 4.81. The second kappa shape index (κ2) is 8.70. The Morgan fingerprint density at radius 2 is 2.12 bits per heavy atom. The summed E-state index contributed by atoms with van der Waals surface area (Å²) in [5.74, 6) is -0.138. The van der Waals surface area contributed by atoms with Crippen LogP contribution in [0.2, 0.25) is 0 Å². The van der Waals surface area contributed by atoms with E-state index < -0.39 is 0 Å². The highest BCUT2D eigenvalue weighted by atomic mass is 16.2. The molecule has 0 aliphatic carbocycles. The maximum absolute atomic E-state index is 12.7. The van der Waals surface area contributed by atoms with Crippen molar-refractivity contribution in [1.82, 2.24) is 10.6 Å². The third kappa shape index (κ3) is 4.62. The van der Waals surface area contributed by atoms with Gasteiger partial charge in [0.25, 0.3) is 0 Å². The van der Waals surface area contributed by atoms with Crippen LogP contribution in [0.25, 0.3) is 0 Å². The van der Waals surface area contributed by atoms with E-state index in [1.165, 1.54) is 0 Å². The van der Waals surface area contributed by atoms with Crippen LogP contribution in [0.5, 0.6) is 0 Å². The number of amides is 2. The maximum Gasteiger partial charge on any atom is 0.239 e. The van der Waals surface area contributed by atoms with Gasteiger partial charge in [-0.3, -0.25) is 9.59 Å². The van der Waals surface area contributed by atoms with E-state index in [0.29, 0.717) is 13.0 Å². The van der Waals surface area contributed by atoms with Gasteiger partial charge in [-0.25, -0.2) is 0 Å². The number of anilines is 1. The van der Waals surface area contributed by atoms with E-state index in [1.807, 2.05) is 31.2 Å². The lowest BCUT2D eigenvalue weighted by molar-refractivity contribution is -0.123. The van der Waals surface area contributed by atoms with Gasteiger partial charge in [0.15, 0.2) is 0 Å². The van der Waals surface area contributed by atoms with Gasteiger partial charge >= 0.3 is 0 Å². The zero-order valence-corrected chi connectivity index (χ0v) is 15.4. The first-order chi connectivity index (χ1) is 12.0. The minimum atomic E-state index is -0.173. The average Bonchev–Trinajstić information content (AvgIpc) is 2.61. The van der Waals surface area contributed by atoms with Crippen LogP contribution in [0, 0.1) is 0 Å². The number of carbonyl (C=O) groups is 2. The number of benzene rings is 1. The fourth-order valence-electron chi connectivity index (χ4n) is 3.21. The zero-order chi connectivity index (χ0) is 18.4. The predicted molar refractivity (Wildman–Crippen MR) is 102 cm³/mol. The standard InChI is InChI=1S/C20H29N3O2/c1-5-11-21-19(24)13-23-15(4)12-17(20(25)22-14(3)6-2)16-9-7-8-10-18(16)23/h5,7-10,14-15,17H,1,6,11-13H2,2-4H3,(H,21,24)(H,22,25). The van der Waals surface area contributed by atoms with Gasteiger partial charge in [0.1, 0.15) is 0 Å². The van der Waals surface area contributed by atoms with Crippen LogP contribution in [-0.4, -0.2) is 37.0 Å². The lowest BCUT2D eigenvalue weighted by Gasteiger charge is -2.40. The molecule has 5 heteroatoms. The number of rotatable bonds is 7. The molecule has 0 aromatic heterocycles. The van der Waals surface area contributed by atoms with Crippen molar-refractivity contribution in [3.05, 3.63) is 42.5 Å². The number of nitrogens with zero attached hydrogens (tertiary/aromatic N) is 1. The maximum atomic E-state index is 12.7. The minimum Gasteiger partial charge on any atom is -0.359 e. The Bertz CT molecular complexity index is 629. The SMILES string of the molecule is C=CCNC(=O)CN1c2ccccc2C(C(=O)NC(C)CC)CC1C. The molecule has 3 atom stereocenters. The zero-order valence-electron chi connectivity index (χ0n) is 15.4. The molecular formula is C20H29N3O2. The summed E-state index contributed by atoms with van der Waals surface area (Å²) in [4.78, 5) is 27.0. The average molecular weight is 343 g/mol. The van der Waals surface area contributed by atoms with Gasteiger partial charge in [-0.15, -0.1) is 6.58 Å². The van der Waals surface area contributed by atoms with Gasteiger partial charge in [-0.2, -0.15) is 0 Å². The Morgan fingerprint density at radius 3 is 2.80 bits per heavy atom.